The lowest BCUT2D eigenvalue weighted by Gasteiger charge is -2.27. The van der Waals surface area contributed by atoms with E-state index in [4.69, 9.17) is 11.5 Å². The summed E-state index contributed by atoms with van der Waals surface area (Å²) in [6, 6.07) is 3.63. The number of hydrogen-bond acceptors (Lipinski definition) is 5. The fourth-order valence-electron chi connectivity index (χ4n) is 1.96. The Morgan fingerprint density at radius 1 is 1.53 bits per heavy atom. The topological polar surface area (TPSA) is 98.1 Å². The molecule has 1 aromatic rings. The van der Waals surface area contributed by atoms with Gasteiger partial charge in [0.25, 0.3) is 5.91 Å². The van der Waals surface area contributed by atoms with Crippen LogP contribution in [-0.2, 0) is 0 Å². The molecular formula is C11H17N5O. The maximum atomic E-state index is 10.9. The SMILES string of the molecule is CN(c1ccc(C(N)=O)nn1)C(CN)C1CC1. The summed E-state index contributed by atoms with van der Waals surface area (Å²) in [5.41, 5.74) is 11.1. The predicted octanol–water partition coefficient (Wildman–Crippen LogP) is -0.251. The molecule has 0 aliphatic heterocycles. The maximum Gasteiger partial charge on any atom is 0.269 e. The summed E-state index contributed by atoms with van der Waals surface area (Å²) >= 11 is 0. The minimum atomic E-state index is -0.565. The summed E-state index contributed by atoms with van der Waals surface area (Å²) < 4.78 is 0. The van der Waals surface area contributed by atoms with Crippen molar-refractivity contribution in [1.82, 2.24) is 10.2 Å². The molecule has 0 spiro atoms. The van der Waals surface area contributed by atoms with Gasteiger partial charge in [0.15, 0.2) is 11.5 Å². The van der Waals surface area contributed by atoms with Crippen LogP contribution in [0.1, 0.15) is 23.3 Å². The minimum Gasteiger partial charge on any atom is -0.364 e. The Balaban J connectivity index is 2.12. The highest BCUT2D eigenvalue weighted by Crippen LogP contribution is 2.35. The molecule has 6 nitrogen and oxygen atoms in total. The number of carbonyl (C=O) groups is 1. The molecule has 17 heavy (non-hydrogen) atoms. The molecule has 1 amide bonds. The molecule has 0 saturated heterocycles. The molecule has 1 atom stereocenters. The monoisotopic (exact) mass is 235 g/mol. The number of aromatic nitrogens is 2. The standard InChI is InChI=1S/C11H17N5O/c1-16(9(6-12)7-2-3-7)10-5-4-8(11(13)17)14-15-10/h4-5,7,9H,2-3,6,12H2,1H3,(H2,13,17). The Labute approximate surface area is 100.0 Å². The molecule has 0 aromatic carbocycles. The van der Waals surface area contributed by atoms with Crippen molar-refractivity contribution in [3.8, 4) is 0 Å². The number of likely N-dealkylation sites (N-methyl/N-ethyl adjacent to an activating group) is 1. The molecule has 6 heteroatoms. The second-order valence-corrected chi connectivity index (χ2v) is 4.39. The van der Waals surface area contributed by atoms with Gasteiger partial charge in [0.2, 0.25) is 0 Å². The van der Waals surface area contributed by atoms with Crippen molar-refractivity contribution in [1.29, 1.82) is 0 Å². The quantitative estimate of drug-likeness (QED) is 0.733. The summed E-state index contributed by atoms with van der Waals surface area (Å²) in [6.07, 6.45) is 2.44. The van der Waals surface area contributed by atoms with Crippen LogP contribution in [0.4, 0.5) is 5.82 Å². The van der Waals surface area contributed by atoms with Crippen molar-refractivity contribution >= 4 is 11.7 Å². The maximum absolute atomic E-state index is 10.9. The first-order valence-corrected chi connectivity index (χ1v) is 5.70. The van der Waals surface area contributed by atoms with E-state index in [1.807, 2.05) is 11.9 Å². The van der Waals surface area contributed by atoms with E-state index in [0.717, 1.165) is 5.82 Å². The fraction of sp³-hybridized carbons (Fsp3) is 0.545. The lowest BCUT2D eigenvalue weighted by molar-refractivity contribution is 0.0994. The largest absolute Gasteiger partial charge is 0.364 e. The van der Waals surface area contributed by atoms with E-state index < -0.39 is 5.91 Å². The summed E-state index contributed by atoms with van der Waals surface area (Å²) in [7, 11) is 1.95. The highest BCUT2D eigenvalue weighted by molar-refractivity contribution is 5.90. The summed E-state index contributed by atoms with van der Waals surface area (Å²) in [5.74, 6) is 0.809. The summed E-state index contributed by atoms with van der Waals surface area (Å²) in [4.78, 5) is 12.9. The van der Waals surface area contributed by atoms with E-state index >= 15 is 0 Å². The molecule has 1 aliphatic rings. The van der Waals surface area contributed by atoms with Gasteiger partial charge in [-0.1, -0.05) is 0 Å². The highest BCUT2D eigenvalue weighted by Gasteiger charge is 2.33. The molecule has 92 valence electrons. The van der Waals surface area contributed by atoms with Crippen molar-refractivity contribution in [3.63, 3.8) is 0 Å². The third-order valence-electron chi connectivity index (χ3n) is 3.17. The second kappa shape index (κ2) is 4.67. The zero-order valence-corrected chi connectivity index (χ0v) is 9.84. The molecule has 1 fully saturated rings. The van der Waals surface area contributed by atoms with Gasteiger partial charge in [-0.05, 0) is 30.9 Å². The van der Waals surface area contributed by atoms with Crippen molar-refractivity contribution in [2.45, 2.75) is 18.9 Å². The van der Waals surface area contributed by atoms with Gasteiger partial charge in [-0.15, -0.1) is 10.2 Å². The lowest BCUT2D eigenvalue weighted by Crippen LogP contribution is -2.40. The number of nitrogens with two attached hydrogens (primary N) is 2. The van der Waals surface area contributed by atoms with E-state index in [1.165, 1.54) is 12.8 Å². The van der Waals surface area contributed by atoms with E-state index in [1.54, 1.807) is 12.1 Å². The number of carbonyl (C=O) groups excluding carboxylic acids is 1. The Kier molecular flexibility index (Phi) is 3.23. The Morgan fingerprint density at radius 3 is 2.65 bits per heavy atom. The van der Waals surface area contributed by atoms with Gasteiger partial charge in [-0.2, -0.15) is 0 Å². The number of hydrogen-bond donors (Lipinski definition) is 2. The molecule has 1 aliphatic carbocycles. The molecule has 2 rings (SSSR count). The van der Waals surface area contributed by atoms with Crippen molar-refractivity contribution in [3.05, 3.63) is 17.8 Å². The molecule has 4 N–H and O–H groups in total. The average molecular weight is 235 g/mol. The van der Waals surface area contributed by atoms with Crippen LogP contribution in [0.25, 0.3) is 0 Å². The number of amides is 1. The third kappa shape index (κ3) is 2.52. The molecule has 1 aromatic heterocycles. The fourth-order valence-corrected chi connectivity index (χ4v) is 1.96. The van der Waals surface area contributed by atoms with Crippen LogP contribution in [0, 0.1) is 5.92 Å². The van der Waals surface area contributed by atoms with Gasteiger partial charge in [0.1, 0.15) is 0 Å². The van der Waals surface area contributed by atoms with Crippen LogP contribution in [0.3, 0.4) is 0 Å². The van der Waals surface area contributed by atoms with Crippen LogP contribution in [-0.4, -0.2) is 35.7 Å². The Bertz CT molecular complexity index is 401. The van der Waals surface area contributed by atoms with Crippen molar-refractivity contribution in [2.75, 3.05) is 18.5 Å². The Morgan fingerprint density at radius 2 is 2.24 bits per heavy atom. The molecule has 1 heterocycles. The molecule has 0 bridgehead atoms. The third-order valence-corrected chi connectivity index (χ3v) is 3.17. The molecule has 1 unspecified atom stereocenters. The van der Waals surface area contributed by atoms with Crippen molar-refractivity contribution < 1.29 is 4.79 Å². The van der Waals surface area contributed by atoms with Crippen LogP contribution >= 0.6 is 0 Å². The van der Waals surface area contributed by atoms with Crippen LogP contribution in [0.5, 0.6) is 0 Å². The summed E-state index contributed by atoms with van der Waals surface area (Å²) in [5, 5.41) is 7.79. The van der Waals surface area contributed by atoms with Gasteiger partial charge in [-0.25, -0.2) is 0 Å². The molecule has 1 saturated carbocycles. The van der Waals surface area contributed by atoms with E-state index in [9.17, 15) is 4.79 Å². The van der Waals surface area contributed by atoms with Crippen LogP contribution in [0.15, 0.2) is 12.1 Å². The average Bonchev–Trinajstić information content (AvgIpc) is 3.14. The summed E-state index contributed by atoms with van der Waals surface area (Å²) in [6.45, 7) is 0.598. The van der Waals surface area contributed by atoms with Gasteiger partial charge in [0.05, 0.1) is 0 Å². The first kappa shape index (κ1) is 11.8. The predicted molar refractivity (Wildman–Crippen MR) is 64.5 cm³/mol. The molecular weight excluding hydrogens is 218 g/mol. The number of nitrogens with zero attached hydrogens (tertiary/aromatic N) is 3. The number of anilines is 1. The lowest BCUT2D eigenvalue weighted by atomic mass is 10.1. The van der Waals surface area contributed by atoms with Gasteiger partial charge < -0.3 is 16.4 Å². The van der Waals surface area contributed by atoms with Gasteiger partial charge in [-0.3, -0.25) is 4.79 Å². The van der Waals surface area contributed by atoms with Gasteiger partial charge >= 0.3 is 0 Å². The smallest absolute Gasteiger partial charge is 0.269 e. The Hall–Kier alpha value is -1.69. The van der Waals surface area contributed by atoms with Crippen molar-refractivity contribution in [2.24, 2.45) is 17.4 Å². The highest BCUT2D eigenvalue weighted by atomic mass is 16.1. The van der Waals surface area contributed by atoms with E-state index in [0.29, 0.717) is 18.5 Å². The first-order chi connectivity index (χ1) is 8.13. The normalized spacial score (nSPS) is 16.6. The van der Waals surface area contributed by atoms with Gasteiger partial charge in [0, 0.05) is 19.6 Å². The first-order valence-electron chi connectivity index (χ1n) is 5.70. The van der Waals surface area contributed by atoms with Crippen LogP contribution in [0.2, 0.25) is 0 Å². The van der Waals surface area contributed by atoms with E-state index in [2.05, 4.69) is 10.2 Å². The molecule has 0 radical (unpaired) electrons. The van der Waals surface area contributed by atoms with E-state index in [-0.39, 0.29) is 5.69 Å². The van der Waals surface area contributed by atoms with Crippen LogP contribution < -0.4 is 16.4 Å². The minimum absolute atomic E-state index is 0.179. The zero-order chi connectivity index (χ0) is 12.4. The zero-order valence-electron chi connectivity index (χ0n) is 9.84. The number of primary amides is 1. The number of rotatable bonds is 5. The second-order valence-electron chi connectivity index (χ2n) is 4.39.